The van der Waals surface area contributed by atoms with Crippen molar-refractivity contribution in [3.8, 4) is 5.75 Å². The lowest BCUT2D eigenvalue weighted by atomic mass is 9.86. The molecule has 5 rings (SSSR count). The van der Waals surface area contributed by atoms with Gasteiger partial charge in [-0.2, -0.15) is 0 Å². The molecule has 2 aromatic rings. The zero-order chi connectivity index (χ0) is 35.7. The van der Waals surface area contributed by atoms with Crippen LogP contribution in [0.5, 0.6) is 5.75 Å². The van der Waals surface area contributed by atoms with Gasteiger partial charge in [0.25, 0.3) is 0 Å². The summed E-state index contributed by atoms with van der Waals surface area (Å²) in [4.78, 5) is 60.3. The minimum atomic E-state index is -0.743. The Hall–Kier alpha value is -4.12. The number of ether oxygens (including phenoxy) is 3. The van der Waals surface area contributed by atoms with Crippen LogP contribution in [0.2, 0.25) is 0 Å². The Labute approximate surface area is 290 Å². The standard InChI is InChI=1S/C38H52N4O7/c1-36(2,3)49-35(46)40-22-25(33(44)39-38(6,7)27-12-10-9-11-13-27)20-26(23-40)34(45)42(28-14-15-28)29-16-17-31-30(21-29)41(24-37(4,5)48-31)32(43)18-19-47-8/h9-13,16-17,21,25-26,28H,14-15,18-20,22-24H2,1-8H3,(H,39,44)/t25-,26+/m0/s1. The smallest absolute Gasteiger partial charge is 0.410 e. The normalized spacial score (nSPS) is 20.5. The van der Waals surface area contributed by atoms with Crippen LogP contribution in [0.4, 0.5) is 16.2 Å². The predicted molar refractivity (Wildman–Crippen MR) is 188 cm³/mol. The summed E-state index contributed by atoms with van der Waals surface area (Å²) in [5, 5.41) is 3.17. The van der Waals surface area contributed by atoms with E-state index in [4.69, 9.17) is 14.2 Å². The molecule has 1 aliphatic carbocycles. The fourth-order valence-corrected chi connectivity index (χ4v) is 6.62. The molecule has 2 fully saturated rings. The van der Waals surface area contributed by atoms with Crippen LogP contribution in [0.3, 0.4) is 0 Å². The number of nitrogens with one attached hydrogen (secondary N) is 1. The monoisotopic (exact) mass is 676 g/mol. The van der Waals surface area contributed by atoms with Gasteiger partial charge in [-0.3, -0.25) is 14.4 Å². The summed E-state index contributed by atoms with van der Waals surface area (Å²) in [6.07, 6.45) is 1.61. The number of amides is 4. The van der Waals surface area contributed by atoms with E-state index < -0.39 is 34.7 Å². The highest BCUT2D eigenvalue weighted by atomic mass is 16.6. The summed E-state index contributed by atoms with van der Waals surface area (Å²) in [6, 6.07) is 15.2. The average Bonchev–Trinajstić information content (AvgIpc) is 3.87. The number of carbonyl (C=O) groups excluding carboxylic acids is 4. The van der Waals surface area contributed by atoms with Crippen LogP contribution in [0, 0.1) is 11.8 Å². The summed E-state index contributed by atoms with van der Waals surface area (Å²) in [5.74, 6) is -1.19. The van der Waals surface area contributed by atoms with Crippen molar-refractivity contribution in [3.05, 3.63) is 54.1 Å². The van der Waals surface area contributed by atoms with Crippen LogP contribution in [0.15, 0.2) is 48.5 Å². The van der Waals surface area contributed by atoms with Gasteiger partial charge in [0.05, 0.1) is 42.6 Å². The highest BCUT2D eigenvalue weighted by Crippen LogP contribution is 2.43. The van der Waals surface area contributed by atoms with Gasteiger partial charge in [0.1, 0.15) is 17.0 Å². The third-order valence-corrected chi connectivity index (χ3v) is 9.16. The summed E-state index contributed by atoms with van der Waals surface area (Å²) in [7, 11) is 1.56. The molecule has 11 nitrogen and oxygen atoms in total. The maximum absolute atomic E-state index is 14.6. The molecule has 2 heterocycles. The van der Waals surface area contributed by atoms with Gasteiger partial charge in [-0.1, -0.05) is 30.3 Å². The third kappa shape index (κ3) is 8.73. The van der Waals surface area contributed by atoms with E-state index in [-0.39, 0.29) is 49.7 Å². The van der Waals surface area contributed by atoms with Crippen molar-refractivity contribution in [1.82, 2.24) is 10.2 Å². The van der Waals surface area contributed by atoms with Gasteiger partial charge < -0.3 is 34.2 Å². The molecule has 0 bridgehead atoms. The largest absolute Gasteiger partial charge is 0.484 e. The van der Waals surface area contributed by atoms with E-state index in [0.717, 1.165) is 18.4 Å². The highest BCUT2D eigenvalue weighted by Gasteiger charge is 2.45. The molecular formula is C38H52N4O7. The Morgan fingerprint density at radius 1 is 0.980 bits per heavy atom. The Bertz CT molecular complexity index is 1550. The second kappa shape index (κ2) is 14.0. The van der Waals surface area contributed by atoms with Gasteiger partial charge in [-0.25, -0.2) is 4.79 Å². The van der Waals surface area contributed by atoms with E-state index in [1.807, 2.05) is 76.2 Å². The molecule has 0 aromatic heterocycles. The van der Waals surface area contributed by atoms with Gasteiger partial charge >= 0.3 is 6.09 Å². The molecule has 3 aliphatic rings. The number of hydrogen-bond acceptors (Lipinski definition) is 7. The maximum Gasteiger partial charge on any atom is 0.410 e. The van der Waals surface area contributed by atoms with Crippen molar-refractivity contribution >= 4 is 35.2 Å². The lowest BCUT2D eigenvalue weighted by molar-refractivity contribution is -0.131. The average molecular weight is 677 g/mol. The quantitative estimate of drug-likeness (QED) is 0.365. The van der Waals surface area contributed by atoms with Crippen LogP contribution in [0.25, 0.3) is 0 Å². The van der Waals surface area contributed by atoms with Crippen LogP contribution in [-0.4, -0.2) is 79.3 Å². The molecule has 0 unspecified atom stereocenters. The minimum Gasteiger partial charge on any atom is -0.484 e. The van der Waals surface area contributed by atoms with Gasteiger partial charge in [-0.05, 0) is 91.5 Å². The van der Waals surface area contributed by atoms with Crippen molar-refractivity contribution in [2.75, 3.05) is 43.2 Å². The second-order valence-corrected chi connectivity index (χ2v) is 15.7. The molecule has 2 aromatic carbocycles. The van der Waals surface area contributed by atoms with E-state index >= 15 is 0 Å². The zero-order valence-corrected chi connectivity index (χ0v) is 30.2. The van der Waals surface area contributed by atoms with Crippen molar-refractivity contribution < 1.29 is 33.4 Å². The van der Waals surface area contributed by atoms with Crippen LogP contribution < -0.4 is 19.9 Å². The topological polar surface area (TPSA) is 118 Å². The molecular weight excluding hydrogens is 624 g/mol. The SMILES string of the molecule is COCCC(=O)N1CC(C)(C)Oc2ccc(N(C(=O)[C@@H]3C[C@H](C(=O)NC(C)(C)c4ccccc4)CN(C(=O)OC(C)(C)C)C3)C3CC3)cc21. The number of benzene rings is 2. The zero-order valence-electron chi connectivity index (χ0n) is 30.2. The van der Waals surface area contributed by atoms with Crippen LogP contribution in [0.1, 0.15) is 79.7 Å². The summed E-state index contributed by atoms with van der Waals surface area (Å²) in [6.45, 7) is 14.1. The molecule has 1 saturated heterocycles. The number of hydrogen-bond donors (Lipinski definition) is 1. The molecule has 0 spiro atoms. The molecule has 0 radical (unpaired) electrons. The first-order valence-corrected chi connectivity index (χ1v) is 17.3. The lowest BCUT2D eigenvalue weighted by Gasteiger charge is -2.41. The molecule has 1 N–H and O–H groups in total. The van der Waals surface area contributed by atoms with Crippen LogP contribution >= 0.6 is 0 Å². The Kier molecular flexibility index (Phi) is 10.3. The first-order chi connectivity index (χ1) is 23.0. The number of anilines is 2. The summed E-state index contributed by atoms with van der Waals surface area (Å²) >= 11 is 0. The van der Waals surface area contributed by atoms with Crippen molar-refractivity contribution in [1.29, 1.82) is 0 Å². The van der Waals surface area contributed by atoms with E-state index in [2.05, 4.69) is 5.32 Å². The van der Waals surface area contributed by atoms with Gasteiger partial charge in [0.2, 0.25) is 17.7 Å². The molecule has 49 heavy (non-hydrogen) atoms. The van der Waals surface area contributed by atoms with E-state index in [1.54, 1.807) is 37.7 Å². The van der Waals surface area contributed by atoms with Crippen molar-refractivity contribution in [2.45, 2.75) is 96.9 Å². The number of piperidine rings is 1. The molecule has 4 amide bonds. The van der Waals surface area contributed by atoms with E-state index in [9.17, 15) is 19.2 Å². The Balaban J connectivity index is 1.44. The minimum absolute atomic E-state index is 0.0228. The fraction of sp³-hybridized carbons (Fsp3) is 0.579. The van der Waals surface area contributed by atoms with E-state index in [0.29, 0.717) is 30.3 Å². The van der Waals surface area contributed by atoms with Gasteiger partial charge in [0.15, 0.2) is 0 Å². The third-order valence-electron chi connectivity index (χ3n) is 9.16. The number of carbonyl (C=O) groups is 4. The van der Waals surface area contributed by atoms with E-state index in [1.165, 1.54) is 4.90 Å². The number of nitrogens with zero attached hydrogens (tertiary/aromatic N) is 3. The first kappa shape index (κ1) is 36.2. The lowest BCUT2D eigenvalue weighted by Crippen LogP contribution is -2.55. The number of likely N-dealkylation sites (tertiary alicyclic amines) is 1. The van der Waals surface area contributed by atoms with Crippen molar-refractivity contribution in [2.24, 2.45) is 11.8 Å². The Morgan fingerprint density at radius 3 is 2.29 bits per heavy atom. The van der Waals surface area contributed by atoms with Crippen molar-refractivity contribution in [3.63, 3.8) is 0 Å². The maximum atomic E-state index is 14.6. The number of fused-ring (bicyclic) bond motifs is 1. The van der Waals surface area contributed by atoms with Gasteiger partial charge in [0, 0.05) is 31.9 Å². The molecule has 2 atom stereocenters. The Morgan fingerprint density at radius 2 is 1.65 bits per heavy atom. The summed E-state index contributed by atoms with van der Waals surface area (Å²) < 4.78 is 17.1. The second-order valence-electron chi connectivity index (χ2n) is 15.7. The molecule has 2 aliphatic heterocycles. The summed E-state index contributed by atoms with van der Waals surface area (Å²) in [5.41, 5.74) is 0.202. The molecule has 1 saturated carbocycles. The molecule has 11 heteroatoms. The molecule has 266 valence electrons. The fourth-order valence-electron chi connectivity index (χ4n) is 6.62. The van der Waals surface area contributed by atoms with Crippen LogP contribution in [-0.2, 0) is 29.4 Å². The number of rotatable bonds is 9. The number of methoxy groups -OCH3 is 1. The predicted octanol–water partition coefficient (Wildman–Crippen LogP) is 5.65. The van der Waals surface area contributed by atoms with Gasteiger partial charge in [-0.15, -0.1) is 0 Å². The highest BCUT2D eigenvalue weighted by molar-refractivity contribution is 6.00. The first-order valence-electron chi connectivity index (χ1n) is 17.3.